The van der Waals surface area contributed by atoms with Crippen molar-refractivity contribution >= 4 is 17.2 Å². The molecule has 2 N–H and O–H groups in total. The van der Waals surface area contributed by atoms with Gasteiger partial charge in [0, 0.05) is 29.8 Å². The fourth-order valence-electron chi connectivity index (χ4n) is 2.61. The van der Waals surface area contributed by atoms with Gasteiger partial charge in [0.05, 0.1) is 12.2 Å². The standard InChI is InChI=1S/C16H20N4OS/c21-15(2-1-12-3-6-18-9-12)19-10-16-20-14(11-22-16)13-4-7-17-8-5-13/h4-5,7-8,11-12,18H,1-3,6,9-10H2,(H,19,21). The van der Waals surface area contributed by atoms with E-state index in [1.807, 2.05) is 17.5 Å². The number of carbonyl (C=O) groups is 1. The highest BCUT2D eigenvalue weighted by atomic mass is 32.1. The van der Waals surface area contributed by atoms with Gasteiger partial charge in [-0.05, 0) is 44.0 Å². The number of thiazole rings is 1. The van der Waals surface area contributed by atoms with Crippen LogP contribution in [0.4, 0.5) is 0 Å². The van der Waals surface area contributed by atoms with E-state index in [0.29, 0.717) is 18.9 Å². The Hall–Kier alpha value is -1.79. The van der Waals surface area contributed by atoms with E-state index in [1.165, 1.54) is 6.42 Å². The van der Waals surface area contributed by atoms with E-state index in [1.54, 1.807) is 23.7 Å². The van der Waals surface area contributed by atoms with E-state index < -0.39 is 0 Å². The van der Waals surface area contributed by atoms with Crippen molar-refractivity contribution in [3.8, 4) is 11.3 Å². The first kappa shape index (κ1) is 15.1. The predicted octanol–water partition coefficient (Wildman–Crippen LogP) is 2.21. The van der Waals surface area contributed by atoms with Crippen LogP contribution in [0, 0.1) is 5.92 Å². The summed E-state index contributed by atoms with van der Waals surface area (Å²) in [4.78, 5) is 20.4. The zero-order valence-electron chi connectivity index (χ0n) is 12.4. The summed E-state index contributed by atoms with van der Waals surface area (Å²) >= 11 is 1.57. The van der Waals surface area contributed by atoms with Gasteiger partial charge in [-0.3, -0.25) is 9.78 Å². The van der Waals surface area contributed by atoms with Gasteiger partial charge in [0.1, 0.15) is 5.01 Å². The third-order valence-corrected chi connectivity index (χ3v) is 4.76. The summed E-state index contributed by atoms with van der Waals surface area (Å²) in [5.41, 5.74) is 1.99. The maximum atomic E-state index is 11.9. The van der Waals surface area contributed by atoms with Crippen molar-refractivity contribution in [2.75, 3.05) is 13.1 Å². The van der Waals surface area contributed by atoms with Gasteiger partial charge in [-0.25, -0.2) is 4.98 Å². The zero-order chi connectivity index (χ0) is 15.2. The second kappa shape index (κ2) is 7.47. The number of nitrogens with one attached hydrogen (secondary N) is 2. The molecule has 0 spiro atoms. The predicted molar refractivity (Wildman–Crippen MR) is 87.4 cm³/mol. The minimum absolute atomic E-state index is 0.118. The van der Waals surface area contributed by atoms with Gasteiger partial charge in [-0.2, -0.15) is 0 Å². The Morgan fingerprint density at radius 1 is 1.41 bits per heavy atom. The van der Waals surface area contributed by atoms with Crippen molar-refractivity contribution in [3.05, 3.63) is 34.9 Å². The highest BCUT2D eigenvalue weighted by Crippen LogP contribution is 2.21. The maximum absolute atomic E-state index is 11.9. The lowest BCUT2D eigenvalue weighted by molar-refractivity contribution is -0.121. The number of hydrogen-bond donors (Lipinski definition) is 2. The molecule has 1 saturated heterocycles. The minimum Gasteiger partial charge on any atom is -0.350 e. The van der Waals surface area contributed by atoms with Crippen LogP contribution >= 0.6 is 11.3 Å². The normalized spacial score (nSPS) is 17.5. The molecule has 1 atom stereocenters. The Kier molecular flexibility index (Phi) is 5.13. The van der Waals surface area contributed by atoms with E-state index in [9.17, 15) is 4.79 Å². The fraction of sp³-hybridized carbons (Fsp3) is 0.438. The van der Waals surface area contributed by atoms with Crippen molar-refractivity contribution in [3.63, 3.8) is 0 Å². The van der Waals surface area contributed by atoms with Crippen LogP contribution in [0.25, 0.3) is 11.3 Å². The molecule has 0 aromatic carbocycles. The molecule has 22 heavy (non-hydrogen) atoms. The van der Waals surface area contributed by atoms with E-state index in [-0.39, 0.29) is 5.91 Å². The van der Waals surface area contributed by atoms with Gasteiger partial charge in [-0.1, -0.05) is 0 Å². The number of nitrogens with zero attached hydrogens (tertiary/aromatic N) is 2. The summed E-state index contributed by atoms with van der Waals surface area (Å²) in [7, 11) is 0. The summed E-state index contributed by atoms with van der Waals surface area (Å²) in [5, 5.41) is 9.24. The van der Waals surface area contributed by atoms with Crippen LogP contribution < -0.4 is 10.6 Å². The molecule has 0 radical (unpaired) electrons. The van der Waals surface area contributed by atoms with Crippen LogP contribution in [0.1, 0.15) is 24.3 Å². The highest BCUT2D eigenvalue weighted by molar-refractivity contribution is 7.09. The first-order valence-corrected chi connectivity index (χ1v) is 8.51. The molecule has 3 heterocycles. The van der Waals surface area contributed by atoms with Gasteiger partial charge in [0.2, 0.25) is 5.91 Å². The number of amides is 1. The van der Waals surface area contributed by atoms with Crippen LogP contribution in [-0.2, 0) is 11.3 Å². The molecule has 1 unspecified atom stereocenters. The topological polar surface area (TPSA) is 66.9 Å². The molecular formula is C16H20N4OS. The third-order valence-electron chi connectivity index (χ3n) is 3.91. The molecule has 5 nitrogen and oxygen atoms in total. The average molecular weight is 316 g/mol. The molecule has 116 valence electrons. The lowest BCUT2D eigenvalue weighted by Gasteiger charge is -2.07. The number of pyridine rings is 1. The minimum atomic E-state index is 0.118. The number of rotatable bonds is 6. The number of aromatic nitrogens is 2. The van der Waals surface area contributed by atoms with E-state index in [2.05, 4.69) is 20.6 Å². The van der Waals surface area contributed by atoms with Crippen LogP contribution in [0.2, 0.25) is 0 Å². The lowest BCUT2D eigenvalue weighted by Crippen LogP contribution is -2.23. The Balaban J connectivity index is 1.45. The smallest absolute Gasteiger partial charge is 0.220 e. The van der Waals surface area contributed by atoms with Gasteiger partial charge < -0.3 is 10.6 Å². The first-order chi connectivity index (χ1) is 10.8. The molecule has 1 fully saturated rings. The Morgan fingerprint density at radius 3 is 3.05 bits per heavy atom. The zero-order valence-corrected chi connectivity index (χ0v) is 13.2. The molecule has 0 saturated carbocycles. The third kappa shape index (κ3) is 4.11. The Labute approximate surface area is 134 Å². The number of carbonyl (C=O) groups excluding carboxylic acids is 1. The summed E-state index contributed by atoms with van der Waals surface area (Å²) in [6.45, 7) is 2.65. The van der Waals surface area contributed by atoms with E-state index in [4.69, 9.17) is 0 Å². The van der Waals surface area contributed by atoms with Gasteiger partial charge in [0.25, 0.3) is 0 Å². The highest BCUT2D eigenvalue weighted by Gasteiger charge is 2.15. The summed E-state index contributed by atoms with van der Waals surface area (Å²) in [5.74, 6) is 0.775. The number of hydrogen-bond acceptors (Lipinski definition) is 5. The van der Waals surface area contributed by atoms with E-state index in [0.717, 1.165) is 35.8 Å². The Morgan fingerprint density at radius 2 is 2.27 bits per heavy atom. The van der Waals surface area contributed by atoms with Crippen LogP contribution in [0.15, 0.2) is 29.9 Å². The molecule has 1 amide bonds. The SMILES string of the molecule is O=C(CCC1CCNC1)NCc1nc(-c2ccncc2)cs1. The van der Waals surface area contributed by atoms with Crippen molar-refractivity contribution in [2.24, 2.45) is 5.92 Å². The van der Waals surface area contributed by atoms with Crippen molar-refractivity contribution < 1.29 is 4.79 Å². The molecule has 0 bridgehead atoms. The molecule has 1 aliphatic heterocycles. The quantitative estimate of drug-likeness (QED) is 0.857. The van der Waals surface area contributed by atoms with Crippen LogP contribution in [0.5, 0.6) is 0 Å². The van der Waals surface area contributed by atoms with Gasteiger partial charge in [-0.15, -0.1) is 11.3 Å². The van der Waals surface area contributed by atoms with E-state index >= 15 is 0 Å². The van der Waals surface area contributed by atoms with Crippen LogP contribution in [-0.4, -0.2) is 29.0 Å². The summed E-state index contributed by atoms with van der Waals surface area (Å²) in [6.07, 6.45) is 6.28. The van der Waals surface area contributed by atoms with Gasteiger partial charge >= 0.3 is 0 Å². The van der Waals surface area contributed by atoms with Crippen molar-refractivity contribution in [1.29, 1.82) is 0 Å². The second-order valence-electron chi connectivity index (χ2n) is 5.54. The van der Waals surface area contributed by atoms with Crippen LogP contribution in [0.3, 0.4) is 0 Å². The molecule has 1 aliphatic rings. The molecular weight excluding hydrogens is 296 g/mol. The molecule has 3 rings (SSSR count). The molecule has 6 heteroatoms. The molecule has 2 aromatic heterocycles. The van der Waals surface area contributed by atoms with Crippen molar-refractivity contribution in [2.45, 2.75) is 25.8 Å². The lowest BCUT2D eigenvalue weighted by atomic mass is 10.0. The fourth-order valence-corrected chi connectivity index (χ4v) is 3.35. The molecule has 2 aromatic rings. The Bertz CT molecular complexity index is 608. The second-order valence-corrected chi connectivity index (χ2v) is 6.48. The first-order valence-electron chi connectivity index (χ1n) is 7.63. The largest absolute Gasteiger partial charge is 0.350 e. The average Bonchev–Trinajstić information content (AvgIpc) is 3.23. The van der Waals surface area contributed by atoms with Gasteiger partial charge in [0.15, 0.2) is 0 Å². The molecule has 0 aliphatic carbocycles. The van der Waals surface area contributed by atoms with Crippen molar-refractivity contribution in [1.82, 2.24) is 20.6 Å². The maximum Gasteiger partial charge on any atom is 0.220 e. The summed E-state index contributed by atoms with van der Waals surface area (Å²) < 4.78 is 0. The summed E-state index contributed by atoms with van der Waals surface area (Å²) in [6, 6.07) is 3.88. The monoisotopic (exact) mass is 316 g/mol.